The predicted molar refractivity (Wildman–Crippen MR) is 86.0 cm³/mol. The Bertz CT molecular complexity index is 802. The van der Waals surface area contributed by atoms with E-state index in [0.29, 0.717) is 12.2 Å². The van der Waals surface area contributed by atoms with Crippen LogP contribution in [0.25, 0.3) is 11.3 Å². The standard InChI is InChI=1S/C17H18O5S/c1-2-12-3-5-13(6-4-12)15-7-8-16(22-15)17(18)21-14-9-10-23(19,20)11-14/h3-8,14H,2,9-11H2,1H3/t14-/m1/s1. The molecule has 0 aliphatic carbocycles. The summed E-state index contributed by atoms with van der Waals surface area (Å²) < 4.78 is 33.5. The fourth-order valence-electron chi connectivity index (χ4n) is 2.57. The third-order valence-corrected chi connectivity index (χ3v) is 5.66. The topological polar surface area (TPSA) is 73.6 Å². The zero-order valence-corrected chi connectivity index (χ0v) is 13.6. The van der Waals surface area contributed by atoms with Crippen molar-refractivity contribution in [1.29, 1.82) is 0 Å². The van der Waals surface area contributed by atoms with Crippen molar-refractivity contribution in [3.8, 4) is 11.3 Å². The molecular weight excluding hydrogens is 316 g/mol. The van der Waals surface area contributed by atoms with Crippen molar-refractivity contribution >= 4 is 15.8 Å². The molecule has 2 aromatic rings. The molecule has 23 heavy (non-hydrogen) atoms. The Balaban J connectivity index is 1.69. The summed E-state index contributed by atoms with van der Waals surface area (Å²) in [7, 11) is -3.08. The molecule has 0 bridgehead atoms. The summed E-state index contributed by atoms with van der Waals surface area (Å²) in [5.41, 5.74) is 2.10. The Morgan fingerprint density at radius 3 is 2.57 bits per heavy atom. The average Bonchev–Trinajstić information content (AvgIpc) is 3.14. The van der Waals surface area contributed by atoms with E-state index < -0.39 is 21.9 Å². The highest BCUT2D eigenvalue weighted by Gasteiger charge is 2.31. The largest absolute Gasteiger partial charge is 0.455 e. The number of esters is 1. The minimum Gasteiger partial charge on any atom is -0.455 e. The lowest BCUT2D eigenvalue weighted by Crippen LogP contribution is -2.19. The van der Waals surface area contributed by atoms with Crippen LogP contribution in [0, 0.1) is 0 Å². The van der Waals surface area contributed by atoms with Gasteiger partial charge in [-0.05, 0) is 30.5 Å². The van der Waals surface area contributed by atoms with Gasteiger partial charge in [0, 0.05) is 5.56 Å². The van der Waals surface area contributed by atoms with Crippen LogP contribution < -0.4 is 0 Å². The molecule has 0 unspecified atom stereocenters. The number of rotatable bonds is 4. The lowest BCUT2D eigenvalue weighted by Gasteiger charge is -2.08. The third-order valence-electron chi connectivity index (χ3n) is 3.92. The number of carbonyl (C=O) groups excluding carboxylic acids is 1. The van der Waals surface area contributed by atoms with Gasteiger partial charge in [0.25, 0.3) is 0 Å². The predicted octanol–water partition coefficient (Wildman–Crippen LogP) is 2.85. The van der Waals surface area contributed by atoms with Crippen molar-refractivity contribution in [3.63, 3.8) is 0 Å². The lowest BCUT2D eigenvalue weighted by molar-refractivity contribution is 0.0321. The first-order valence-electron chi connectivity index (χ1n) is 7.57. The number of sulfone groups is 1. The molecule has 2 heterocycles. The molecule has 1 aliphatic rings. The van der Waals surface area contributed by atoms with Gasteiger partial charge in [-0.1, -0.05) is 31.2 Å². The van der Waals surface area contributed by atoms with Crippen molar-refractivity contribution < 1.29 is 22.4 Å². The van der Waals surface area contributed by atoms with Crippen molar-refractivity contribution in [3.05, 3.63) is 47.7 Å². The maximum absolute atomic E-state index is 12.0. The number of furan rings is 1. The van der Waals surface area contributed by atoms with Gasteiger partial charge in [-0.25, -0.2) is 13.2 Å². The first-order chi connectivity index (χ1) is 11.0. The first-order valence-corrected chi connectivity index (χ1v) is 9.39. The molecule has 1 saturated heterocycles. The molecule has 1 fully saturated rings. The van der Waals surface area contributed by atoms with Crippen molar-refractivity contribution in [2.24, 2.45) is 0 Å². The fourth-order valence-corrected chi connectivity index (χ4v) is 4.16. The van der Waals surface area contributed by atoms with Crippen LogP contribution in [0.4, 0.5) is 0 Å². The number of benzene rings is 1. The molecule has 1 atom stereocenters. The van der Waals surface area contributed by atoms with Crippen molar-refractivity contribution in [2.75, 3.05) is 11.5 Å². The average molecular weight is 334 g/mol. The summed E-state index contributed by atoms with van der Waals surface area (Å²) in [6.45, 7) is 2.08. The van der Waals surface area contributed by atoms with Gasteiger partial charge in [0.05, 0.1) is 11.5 Å². The Morgan fingerprint density at radius 2 is 1.96 bits per heavy atom. The molecule has 0 spiro atoms. The highest BCUT2D eigenvalue weighted by molar-refractivity contribution is 7.91. The summed E-state index contributed by atoms with van der Waals surface area (Å²) in [6, 6.07) is 11.2. The second-order valence-electron chi connectivity index (χ2n) is 5.64. The Hall–Kier alpha value is -2.08. The highest BCUT2D eigenvalue weighted by atomic mass is 32.2. The van der Waals surface area contributed by atoms with Gasteiger partial charge in [0.2, 0.25) is 5.76 Å². The highest BCUT2D eigenvalue weighted by Crippen LogP contribution is 2.24. The summed E-state index contributed by atoms with van der Waals surface area (Å²) in [5.74, 6) is 0.00848. The van der Waals surface area contributed by atoms with Gasteiger partial charge >= 0.3 is 5.97 Å². The van der Waals surface area contributed by atoms with Gasteiger partial charge in [0.15, 0.2) is 9.84 Å². The van der Waals surface area contributed by atoms with E-state index in [1.54, 1.807) is 12.1 Å². The molecule has 1 aromatic heterocycles. The number of aryl methyl sites for hydroxylation is 1. The smallest absolute Gasteiger partial charge is 0.374 e. The third kappa shape index (κ3) is 3.64. The molecule has 0 N–H and O–H groups in total. The molecule has 5 nitrogen and oxygen atoms in total. The zero-order chi connectivity index (χ0) is 16.4. The van der Waals surface area contributed by atoms with Crippen LogP contribution in [-0.2, 0) is 21.0 Å². The first kappa shape index (κ1) is 15.8. The van der Waals surface area contributed by atoms with E-state index in [1.165, 1.54) is 5.56 Å². The molecule has 6 heteroatoms. The van der Waals surface area contributed by atoms with Crippen LogP contribution in [0.3, 0.4) is 0 Å². The van der Waals surface area contributed by atoms with Crippen molar-refractivity contribution in [2.45, 2.75) is 25.9 Å². The lowest BCUT2D eigenvalue weighted by atomic mass is 10.1. The van der Waals surface area contributed by atoms with Crippen LogP contribution >= 0.6 is 0 Å². The van der Waals surface area contributed by atoms with E-state index in [0.717, 1.165) is 12.0 Å². The zero-order valence-electron chi connectivity index (χ0n) is 12.8. The quantitative estimate of drug-likeness (QED) is 0.804. The van der Waals surface area contributed by atoms with Crippen LogP contribution in [-0.4, -0.2) is 32.0 Å². The summed E-state index contributed by atoms with van der Waals surface area (Å²) in [6.07, 6.45) is 0.727. The molecule has 3 rings (SSSR count). The van der Waals surface area contributed by atoms with Crippen molar-refractivity contribution in [1.82, 2.24) is 0 Å². The van der Waals surface area contributed by atoms with E-state index in [9.17, 15) is 13.2 Å². The maximum Gasteiger partial charge on any atom is 0.374 e. The summed E-state index contributed by atoms with van der Waals surface area (Å²) in [5, 5.41) is 0. The Labute approximate surface area is 135 Å². The van der Waals surface area contributed by atoms with Gasteiger partial charge in [-0.15, -0.1) is 0 Å². The minimum atomic E-state index is -3.08. The van der Waals surface area contributed by atoms with E-state index in [-0.39, 0.29) is 17.3 Å². The van der Waals surface area contributed by atoms with E-state index in [1.807, 2.05) is 24.3 Å². The second-order valence-corrected chi connectivity index (χ2v) is 7.87. The van der Waals surface area contributed by atoms with Gasteiger partial charge in [0.1, 0.15) is 11.9 Å². The molecule has 1 aromatic carbocycles. The van der Waals surface area contributed by atoms with E-state index >= 15 is 0 Å². The van der Waals surface area contributed by atoms with Gasteiger partial charge in [-0.2, -0.15) is 0 Å². The van der Waals surface area contributed by atoms with Crippen LogP contribution in [0.1, 0.15) is 29.5 Å². The molecular formula is C17H18O5S. The second kappa shape index (κ2) is 6.20. The number of carbonyl (C=O) groups is 1. The Morgan fingerprint density at radius 1 is 1.22 bits per heavy atom. The Kier molecular flexibility index (Phi) is 4.26. The summed E-state index contributed by atoms with van der Waals surface area (Å²) in [4.78, 5) is 12.0. The molecule has 0 amide bonds. The number of hydrogen-bond acceptors (Lipinski definition) is 5. The van der Waals surface area contributed by atoms with E-state index in [4.69, 9.17) is 9.15 Å². The van der Waals surface area contributed by atoms with Gasteiger partial charge in [-0.3, -0.25) is 0 Å². The van der Waals surface area contributed by atoms with Crippen LogP contribution in [0.5, 0.6) is 0 Å². The fraction of sp³-hybridized carbons (Fsp3) is 0.353. The SMILES string of the molecule is CCc1ccc(-c2ccc(C(=O)O[C@@H]3CCS(=O)(=O)C3)o2)cc1. The summed E-state index contributed by atoms with van der Waals surface area (Å²) >= 11 is 0. The number of hydrogen-bond donors (Lipinski definition) is 0. The normalized spacial score (nSPS) is 19.6. The molecule has 122 valence electrons. The number of ether oxygens (including phenoxy) is 1. The van der Waals surface area contributed by atoms with E-state index in [2.05, 4.69) is 6.92 Å². The van der Waals surface area contributed by atoms with Crippen LogP contribution in [0.15, 0.2) is 40.8 Å². The molecule has 0 saturated carbocycles. The van der Waals surface area contributed by atoms with Gasteiger partial charge < -0.3 is 9.15 Å². The minimum absolute atomic E-state index is 0.0676. The molecule has 1 aliphatic heterocycles. The molecule has 0 radical (unpaired) electrons. The van der Waals surface area contributed by atoms with Crippen LogP contribution in [0.2, 0.25) is 0 Å². The monoisotopic (exact) mass is 334 g/mol. The maximum atomic E-state index is 12.0.